The Hall–Kier alpha value is -3.03. The predicted octanol–water partition coefficient (Wildman–Crippen LogP) is 3.13. The van der Waals surface area contributed by atoms with Gasteiger partial charge in [-0.15, -0.1) is 0 Å². The standard InChI is InChI=1S/C15H12F2N2O4/c16-15(17)23-13-8-4-2-6-11(13)14(20)18-9-10-5-1-3-7-12(10)19(21)22/h1-8,15H,9H2,(H,18,20). The highest BCUT2D eigenvalue weighted by Gasteiger charge is 2.17. The zero-order valence-corrected chi connectivity index (χ0v) is 11.7. The van der Waals surface area contributed by atoms with Gasteiger partial charge in [-0.3, -0.25) is 14.9 Å². The van der Waals surface area contributed by atoms with Crippen LogP contribution in [0.25, 0.3) is 0 Å². The van der Waals surface area contributed by atoms with E-state index in [4.69, 9.17) is 0 Å². The van der Waals surface area contributed by atoms with Crippen molar-refractivity contribution in [2.75, 3.05) is 0 Å². The van der Waals surface area contributed by atoms with Crippen molar-refractivity contribution in [3.63, 3.8) is 0 Å². The van der Waals surface area contributed by atoms with Crippen LogP contribution in [0.3, 0.4) is 0 Å². The fraction of sp³-hybridized carbons (Fsp3) is 0.133. The van der Waals surface area contributed by atoms with E-state index < -0.39 is 17.4 Å². The van der Waals surface area contributed by atoms with E-state index in [1.807, 2.05) is 0 Å². The van der Waals surface area contributed by atoms with E-state index in [-0.39, 0.29) is 23.5 Å². The molecule has 8 heteroatoms. The molecule has 1 amide bonds. The normalized spacial score (nSPS) is 10.4. The Morgan fingerprint density at radius 2 is 1.83 bits per heavy atom. The van der Waals surface area contributed by atoms with E-state index in [1.165, 1.54) is 42.5 Å². The first-order valence-electron chi connectivity index (χ1n) is 6.53. The fourth-order valence-corrected chi connectivity index (χ4v) is 1.96. The van der Waals surface area contributed by atoms with E-state index in [1.54, 1.807) is 6.07 Å². The van der Waals surface area contributed by atoms with Crippen LogP contribution in [0.15, 0.2) is 48.5 Å². The highest BCUT2D eigenvalue weighted by Crippen LogP contribution is 2.21. The lowest BCUT2D eigenvalue weighted by atomic mass is 10.1. The van der Waals surface area contributed by atoms with Crippen molar-refractivity contribution >= 4 is 11.6 Å². The number of ether oxygens (including phenoxy) is 1. The summed E-state index contributed by atoms with van der Waals surface area (Å²) in [6, 6.07) is 11.4. The number of alkyl halides is 2. The maximum Gasteiger partial charge on any atom is 0.387 e. The van der Waals surface area contributed by atoms with Crippen molar-refractivity contribution in [2.45, 2.75) is 13.2 Å². The Balaban J connectivity index is 2.13. The number of hydrogen-bond acceptors (Lipinski definition) is 4. The summed E-state index contributed by atoms with van der Waals surface area (Å²) in [4.78, 5) is 22.4. The smallest absolute Gasteiger partial charge is 0.387 e. The number of carbonyl (C=O) groups is 1. The number of hydrogen-bond donors (Lipinski definition) is 1. The molecule has 0 spiro atoms. The Bertz CT molecular complexity index is 722. The van der Waals surface area contributed by atoms with Gasteiger partial charge in [0.1, 0.15) is 5.75 Å². The number of para-hydroxylation sites is 2. The van der Waals surface area contributed by atoms with Crippen LogP contribution < -0.4 is 10.1 Å². The maximum atomic E-state index is 12.3. The fourth-order valence-electron chi connectivity index (χ4n) is 1.96. The Kier molecular flexibility index (Phi) is 5.19. The van der Waals surface area contributed by atoms with Crippen molar-refractivity contribution in [1.29, 1.82) is 0 Å². The Morgan fingerprint density at radius 3 is 2.52 bits per heavy atom. The number of rotatable bonds is 6. The van der Waals surface area contributed by atoms with E-state index in [2.05, 4.69) is 10.1 Å². The van der Waals surface area contributed by atoms with Crippen molar-refractivity contribution in [3.05, 3.63) is 69.8 Å². The summed E-state index contributed by atoms with van der Waals surface area (Å²) in [5.41, 5.74) is 0.0920. The lowest BCUT2D eigenvalue weighted by Gasteiger charge is -2.11. The quantitative estimate of drug-likeness (QED) is 0.654. The molecule has 0 fully saturated rings. The van der Waals surface area contributed by atoms with Gasteiger partial charge in [0.05, 0.1) is 10.5 Å². The van der Waals surface area contributed by atoms with E-state index in [0.29, 0.717) is 5.56 Å². The maximum absolute atomic E-state index is 12.3. The average Bonchev–Trinajstić information content (AvgIpc) is 2.52. The molecule has 6 nitrogen and oxygen atoms in total. The molecule has 0 aliphatic rings. The number of nitrogens with zero attached hydrogens (tertiary/aromatic N) is 1. The molecular weight excluding hydrogens is 310 g/mol. The van der Waals surface area contributed by atoms with Crippen LogP contribution in [-0.2, 0) is 6.54 Å². The molecule has 0 radical (unpaired) electrons. The molecule has 0 saturated carbocycles. The molecule has 0 bridgehead atoms. The molecule has 0 aromatic heterocycles. The van der Waals surface area contributed by atoms with Crippen LogP contribution in [0, 0.1) is 10.1 Å². The number of amides is 1. The molecule has 1 N–H and O–H groups in total. The minimum atomic E-state index is -3.06. The molecule has 120 valence electrons. The number of nitro groups is 1. The first kappa shape index (κ1) is 16.3. The number of nitrogens with one attached hydrogen (secondary N) is 1. The molecule has 0 atom stereocenters. The molecule has 2 rings (SSSR count). The van der Waals surface area contributed by atoms with Gasteiger partial charge in [0.15, 0.2) is 0 Å². The summed E-state index contributed by atoms with van der Waals surface area (Å²) in [5, 5.41) is 13.4. The van der Waals surface area contributed by atoms with Crippen LogP contribution >= 0.6 is 0 Å². The molecule has 0 aliphatic carbocycles. The summed E-state index contributed by atoms with van der Waals surface area (Å²) in [7, 11) is 0. The van der Waals surface area contributed by atoms with Gasteiger partial charge >= 0.3 is 6.61 Å². The van der Waals surface area contributed by atoms with Crippen LogP contribution in [0.2, 0.25) is 0 Å². The number of benzene rings is 2. The summed E-state index contributed by atoms with van der Waals surface area (Å²) in [5.74, 6) is -0.929. The monoisotopic (exact) mass is 322 g/mol. The van der Waals surface area contributed by atoms with Crippen molar-refractivity contribution < 1.29 is 23.2 Å². The first-order chi connectivity index (χ1) is 11.0. The second kappa shape index (κ2) is 7.30. The predicted molar refractivity (Wildman–Crippen MR) is 77.3 cm³/mol. The molecule has 2 aromatic rings. The highest BCUT2D eigenvalue weighted by molar-refractivity contribution is 5.96. The summed E-state index contributed by atoms with van der Waals surface area (Å²) in [6.07, 6.45) is 0. The van der Waals surface area contributed by atoms with Crippen LogP contribution in [0.5, 0.6) is 5.75 Å². The van der Waals surface area contributed by atoms with Gasteiger partial charge in [0, 0.05) is 18.2 Å². The average molecular weight is 322 g/mol. The molecule has 0 heterocycles. The summed E-state index contributed by atoms with van der Waals surface area (Å²) in [6.45, 7) is -3.17. The Labute approximate surface area is 129 Å². The zero-order valence-electron chi connectivity index (χ0n) is 11.7. The minimum absolute atomic E-state index is 0.0774. The van der Waals surface area contributed by atoms with Crippen molar-refractivity contribution in [3.8, 4) is 5.75 Å². The molecule has 0 unspecified atom stereocenters. The van der Waals surface area contributed by atoms with Gasteiger partial charge in [-0.1, -0.05) is 30.3 Å². The second-order valence-corrected chi connectivity index (χ2v) is 4.44. The van der Waals surface area contributed by atoms with Crippen molar-refractivity contribution in [2.24, 2.45) is 0 Å². The van der Waals surface area contributed by atoms with Crippen molar-refractivity contribution in [1.82, 2.24) is 5.32 Å². The largest absolute Gasteiger partial charge is 0.434 e. The summed E-state index contributed by atoms with van der Waals surface area (Å²) < 4.78 is 28.9. The summed E-state index contributed by atoms with van der Waals surface area (Å²) >= 11 is 0. The topological polar surface area (TPSA) is 81.5 Å². The third kappa shape index (κ3) is 4.22. The van der Waals surface area contributed by atoms with Gasteiger partial charge in [0.2, 0.25) is 0 Å². The van der Waals surface area contributed by atoms with Gasteiger partial charge in [0.25, 0.3) is 11.6 Å². The lowest BCUT2D eigenvalue weighted by Crippen LogP contribution is -2.24. The molecule has 23 heavy (non-hydrogen) atoms. The van der Waals surface area contributed by atoms with Crippen LogP contribution in [0.1, 0.15) is 15.9 Å². The molecular formula is C15H12F2N2O4. The molecule has 0 saturated heterocycles. The van der Waals surface area contributed by atoms with Crippen LogP contribution in [0.4, 0.5) is 14.5 Å². The number of halogens is 2. The van der Waals surface area contributed by atoms with Gasteiger partial charge in [-0.2, -0.15) is 8.78 Å². The number of carbonyl (C=O) groups excluding carboxylic acids is 1. The highest BCUT2D eigenvalue weighted by atomic mass is 19.3. The SMILES string of the molecule is O=C(NCc1ccccc1[N+](=O)[O-])c1ccccc1OC(F)F. The lowest BCUT2D eigenvalue weighted by molar-refractivity contribution is -0.385. The van der Waals surface area contributed by atoms with Crippen LogP contribution in [-0.4, -0.2) is 17.4 Å². The third-order valence-corrected chi connectivity index (χ3v) is 2.98. The molecule has 2 aromatic carbocycles. The van der Waals surface area contributed by atoms with Gasteiger partial charge < -0.3 is 10.1 Å². The second-order valence-electron chi connectivity index (χ2n) is 4.44. The molecule has 0 aliphatic heterocycles. The number of nitro benzene ring substituents is 1. The minimum Gasteiger partial charge on any atom is -0.434 e. The van der Waals surface area contributed by atoms with Gasteiger partial charge in [-0.05, 0) is 12.1 Å². The van der Waals surface area contributed by atoms with E-state index in [9.17, 15) is 23.7 Å². The van der Waals surface area contributed by atoms with E-state index >= 15 is 0 Å². The third-order valence-electron chi connectivity index (χ3n) is 2.98. The first-order valence-corrected chi connectivity index (χ1v) is 6.53. The Morgan fingerprint density at radius 1 is 1.17 bits per heavy atom. The zero-order chi connectivity index (χ0) is 16.8. The van der Waals surface area contributed by atoms with Gasteiger partial charge in [-0.25, -0.2) is 0 Å². The van der Waals surface area contributed by atoms with E-state index in [0.717, 1.165) is 0 Å².